The molecule has 0 saturated heterocycles. The van der Waals surface area contributed by atoms with Crippen LogP contribution in [0, 0.1) is 0 Å². The maximum absolute atomic E-state index is 12.9. The Morgan fingerprint density at radius 3 is 0.904 bits per heavy atom. The van der Waals surface area contributed by atoms with Gasteiger partial charge in [0.25, 0.3) is 0 Å². The summed E-state index contributed by atoms with van der Waals surface area (Å²) in [5.41, 5.74) is 0. The van der Waals surface area contributed by atoms with Gasteiger partial charge in [0.2, 0.25) is 0 Å². The molecule has 0 saturated carbocycles. The molecule has 1 N–H and O–H groups in total. The van der Waals surface area contributed by atoms with Gasteiger partial charge in [-0.05, 0) is 122 Å². The predicted octanol–water partition coefficient (Wildman–Crippen LogP) is 25.7. The highest BCUT2D eigenvalue weighted by Gasteiger charge is 2.27. The summed E-state index contributed by atoms with van der Waals surface area (Å²) in [4.78, 5) is 35.9. The minimum absolute atomic E-state index is 0.0215. The third-order valence-electron chi connectivity index (χ3n) is 16.4. The molecule has 0 aromatic heterocycles. The van der Waals surface area contributed by atoms with Crippen molar-refractivity contribution in [3.8, 4) is 0 Å². The van der Waals surface area contributed by atoms with Crippen molar-refractivity contribution < 1.29 is 42.1 Å². The van der Waals surface area contributed by atoms with E-state index in [2.05, 4.69) is 160 Å². The minimum Gasteiger partial charge on any atom is -0.462 e. The van der Waals surface area contributed by atoms with Gasteiger partial charge in [0, 0.05) is 12.8 Å². The van der Waals surface area contributed by atoms with Gasteiger partial charge in [-0.15, -0.1) is 0 Å². The zero-order chi connectivity index (χ0) is 68.3. The van der Waals surface area contributed by atoms with E-state index < -0.39 is 26.5 Å². The molecule has 0 aromatic rings. The van der Waals surface area contributed by atoms with Crippen molar-refractivity contribution in [1.82, 2.24) is 0 Å². The molecule has 0 heterocycles. The van der Waals surface area contributed by atoms with E-state index >= 15 is 0 Å². The number of phosphoric ester groups is 1. The molecule has 0 amide bonds. The van der Waals surface area contributed by atoms with E-state index in [1.807, 2.05) is 21.1 Å². The molecule has 2 atom stereocenters. The van der Waals surface area contributed by atoms with Crippen LogP contribution in [0.4, 0.5) is 0 Å². The molecule has 0 aliphatic carbocycles. The lowest BCUT2D eigenvalue weighted by atomic mass is 10.0. The van der Waals surface area contributed by atoms with E-state index in [0.717, 1.165) is 122 Å². The maximum Gasteiger partial charge on any atom is 0.472 e. The summed E-state index contributed by atoms with van der Waals surface area (Å²) >= 11 is 0. The van der Waals surface area contributed by atoms with Crippen LogP contribution in [-0.2, 0) is 32.7 Å². The first-order valence-electron chi connectivity index (χ1n) is 38.6. The molecule has 538 valence electrons. The van der Waals surface area contributed by atoms with Crippen LogP contribution in [0.25, 0.3) is 0 Å². The van der Waals surface area contributed by atoms with Gasteiger partial charge in [0.15, 0.2) is 6.10 Å². The number of esters is 2. The van der Waals surface area contributed by atoms with Crippen LogP contribution in [-0.4, -0.2) is 74.9 Å². The summed E-state index contributed by atoms with van der Waals surface area (Å²) < 4.78 is 34.8. The Balaban J connectivity index is 4.05. The molecule has 2 unspecified atom stereocenters. The van der Waals surface area contributed by atoms with E-state index in [4.69, 9.17) is 18.5 Å². The Morgan fingerprint density at radius 1 is 0.340 bits per heavy atom. The Bertz CT molecular complexity index is 2100. The van der Waals surface area contributed by atoms with Crippen LogP contribution in [0.1, 0.15) is 322 Å². The average molecular weight is 1330 g/mol. The summed E-state index contributed by atoms with van der Waals surface area (Å²) in [5.74, 6) is -0.818. The molecular weight excluding hydrogens is 1180 g/mol. The molecule has 94 heavy (non-hydrogen) atoms. The highest BCUT2D eigenvalue weighted by molar-refractivity contribution is 7.47. The number of allylic oxidation sites excluding steroid dienone is 24. The zero-order valence-electron chi connectivity index (χ0n) is 61.4. The highest BCUT2D eigenvalue weighted by Crippen LogP contribution is 2.43. The number of nitrogens with zero attached hydrogens (tertiary/aromatic N) is 1. The number of likely N-dealkylation sites (N-methyl/N-ethyl adjacent to an activating group) is 1. The molecule has 9 nitrogen and oxygen atoms in total. The fourth-order valence-corrected chi connectivity index (χ4v) is 11.2. The standard InChI is InChI=1S/C84H144NO8P/c1-6-8-10-12-14-16-18-20-22-24-26-28-30-32-34-36-38-40-41-42-43-45-46-48-50-52-54-56-58-60-62-64-66-68-70-72-74-76-83(86)90-80-82(81-92-94(88,89)91-79-78-85(3,4)5)93-84(87)77-75-73-71-69-67-65-63-61-59-57-55-53-51-49-47-44-39-37-35-33-31-29-27-25-23-21-19-17-15-13-11-9-7-2/h9,11,15,17-18,20-21,23-24,26-27,29-30,32-33,35,39,44,49,51,55,57,61,63,82H,6-8,10,12-14,16,19,22,25,28,31,34,36-38,40-43,45-48,50,52-54,56,58-60,62,64-81H2,1-5H3/p+1/b11-9-,17-15-,20-18-,23-21-,26-24-,29-27-,32-30-,35-33-,44-39-,51-49-,57-55-,63-61-. The van der Waals surface area contributed by atoms with E-state index in [0.29, 0.717) is 17.4 Å². The van der Waals surface area contributed by atoms with Gasteiger partial charge >= 0.3 is 19.8 Å². The van der Waals surface area contributed by atoms with Gasteiger partial charge in [-0.2, -0.15) is 0 Å². The lowest BCUT2D eigenvalue weighted by Crippen LogP contribution is -2.37. The number of carbonyl (C=O) groups excluding carboxylic acids is 2. The average Bonchev–Trinajstić information content (AvgIpc) is 1.56. The smallest absolute Gasteiger partial charge is 0.462 e. The molecule has 0 fully saturated rings. The van der Waals surface area contributed by atoms with Crippen LogP contribution in [0.2, 0.25) is 0 Å². The molecule has 0 aromatic carbocycles. The predicted molar refractivity (Wildman–Crippen MR) is 408 cm³/mol. The van der Waals surface area contributed by atoms with Gasteiger partial charge in [0.05, 0.1) is 27.7 Å². The number of hydrogen-bond donors (Lipinski definition) is 1. The summed E-state index contributed by atoms with van der Waals surface area (Å²) in [6, 6.07) is 0. The monoisotopic (exact) mass is 1330 g/mol. The number of phosphoric acid groups is 1. The fourth-order valence-electron chi connectivity index (χ4n) is 10.5. The van der Waals surface area contributed by atoms with Crippen molar-refractivity contribution in [2.75, 3.05) is 47.5 Å². The van der Waals surface area contributed by atoms with Crippen LogP contribution in [0.5, 0.6) is 0 Å². The largest absolute Gasteiger partial charge is 0.472 e. The Morgan fingerprint density at radius 2 is 0.606 bits per heavy atom. The first-order valence-corrected chi connectivity index (χ1v) is 40.1. The summed E-state index contributed by atoms with van der Waals surface area (Å²) in [5, 5.41) is 0. The third kappa shape index (κ3) is 76.9. The van der Waals surface area contributed by atoms with Crippen molar-refractivity contribution in [3.63, 3.8) is 0 Å². The molecule has 0 bridgehead atoms. The number of quaternary nitrogens is 1. The first-order chi connectivity index (χ1) is 46.0. The van der Waals surface area contributed by atoms with Crippen LogP contribution < -0.4 is 0 Å². The molecule has 10 heteroatoms. The first kappa shape index (κ1) is 89.9. The molecular formula is C84H145NO8P+. The third-order valence-corrected chi connectivity index (χ3v) is 17.3. The SMILES string of the molecule is CC/C=C\C/C=C\C/C=C\C/C=C\C/C=C\C/C=C\C/C=C\C/C=C\C/C=C\CCCCCCCC(=O)OC(COC(=O)CCCCCCCCCCCCCCCCCCCCCCCC/C=C\C/C=C\C/C=C\CCCCCCC)COP(=O)(O)OCC[N+](C)(C)C. The second-order valence-corrected chi connectivity index (χ2v) is 28.1. The van der Waals surface area contributed by atoms with Gasteiger partial charge in [0.1, 0.15) is 19.8 Å². The van der Waals surface area contributed by atoms with Crippen molar-refractivity contribution in [2.24, 2.45) is 0 Å². The van der Waals surface area contributed by atoms with Gasteiger partial charge < -0.3 is 18.9 Å². The molecule has 0 radical (unpaired) electrons. The quantitative estimate of drug-likeness (QED) is 0.0211. The number of hydrogen-bond acceptors (Lipinski definition) is 7. The van der Waals surface area contributed by atoms with Gasteiger partial charge in [-0.3, -0.25) is 18.6 Å². The molecule has 0 rings (SSSR count). The number of carbonyl (C=O) groups is 2. The van der Waals surface area contributed by atoms with Crippen molar-refractivity contribution in [2.45, 2.75) is 328 Å². The van der Waals surface area contributed by atoms with Crippen molar-refractivity contribution in [1.29, 1.82) is 0 Å². The normalized spacial score (nSPS) is 13.9. The Kier molecular flexibility index (Phi) is 69.9. The minimum atomic E-state index is -4.41. The Labute approximate surface area is 580 Å². The number of ether oxygens (including phenoxy) is 2. The number of unbranched alkanes of at least 4 members (excludes halogenated alkanes) is 32. The molecule has 0 spiro atoms. The van der Waals surface area contributed by atoms with E-state index in [9.17, 15) is 19.0 Å². The highest BCUT2D eigenvalue weighted by atomic mass is 31.2. The second kappa shape index (κ2) is 73.1. The van der Waals surface area contributed by atoms with E-state index in [1.165, 1.54) is 167 Å². The molecule has 0 aliphatic rings. The topological polar surface area (TPSA) is 108 Å². The van der Waals surface area contributed by atoms with Gasteiger partial charge in [-0.1, -0.05) is 333 Å². The lowest BCUT2D eigenvalue weighted by molar-refractivity contribution is -0.870. The maximum atomic E-state index is 12.9. The van der Waals surface area contributed by atoms with Crippen LogP contribution >= 0.6 is 7.82 Å². The van der Waals surface area contributed by atoms with Crippen molar-refractivity contribution in [3.05, 3.63) is 146 Å². The second-order valence-electron chi connectivity index (χ2n) is 26.7. The van der Waals surface area contributed by atoms with Crippen molar-refractivity contribution >= 4 is 19.8 Å². The number of rotatable bonds is 70. The lowest BCUT2D eigenvalue weighted by Gasteiger charge is -2.24. The molecule has 0 aliphatic heterocycles. The van der Waals surface area contributed by atoms with Crippen LogP contribution in [0.3, 0.4) is 0 Å². The van der Waals surface area contributed by atoms with Gasteiger partial charge in [-0.25, -0.2) is 4.57 Å². The zero-order valence-corrected chi connectivity index (χ0v) is 62.3. The van der Waals surface area contributed by atoms with E-state index in [-0.39, 0.29) is 32.0 Å². The van der Waals surface area contributed by atoms with Crippen LogP contribution in [0.15, 0.2) is 146 Å². The Hall–Kier alpha value is -4.11. The summed E-state index contributed by atoms with van der Waals surface area (Å²) in [6.45, 7) is 4.30. The fraction of sp³-hybridized carbons (Fsp3) is 0.690. The summed E-state index contributed by atoms with van der Waals surface area (Å²) in [7, 11) is 1.45. The van der Waals surface area contributed by atoms with E-state index in [1.54, 1.807) is 0 Å². The summed E-state index contributed by atoms with van der Waals surface area (Å²) in [6.07, 6.45) is 108.